The van der Waals surface area contributed by atoms with E-state index >= 15 is 0 Å². The molecular weight excluding hydrogens is 443 g/mol. The fourth-order valence-electron chi connectivity index (χ4n) is 3.45. The lowest BCUT2D eigenvalue weighted by atomic mass is 10.2. The second kappa shape index (κ2) is 13.3. The molecular formula is C29H28BN6. The molecule has 36 heavy (non-hydrogen) atoms. The second-order valence-electron chi connectivity index (χ2n) is 7.88. The minimum Gasteiger partial charge on any atom is -0.345 e. The topological polar surface area (TPSA) is 64.3 Å². The van der Waals surface area contributed by atoms with Crippen LogP contribution in [0.2, 0.25) is 0 Å². The number of nitrogens with zero attached hydrogens (tertiary/aromatic N) is 5. The fraction of sp³-hybridized carbons (Fsp3) is 0.0690. The van der Waals surface area contributed by atoms with Gasteiger partial charge in [0.15, 0.2) is 0 Å². The van der Waals surface area contributed by atoms with Crippen molar-refractivity contribution in [2.24, 2.45) is 14.1 Å². The lowest BCUT2D eigenvalue weighted by Gasteiger charge is -2.00. The molecule has 7 heteroatoms. The van der Waals surface area contributed by atoms with E-state index in [4.69, 9.17) is 0 Å². The summed E-state index contributed by atoms with van der Waals surface area (Å²) < 4.78 is 3.96. The van der Waals surface area contributed by atoms with Crippen LogP contribution in [0.5, 0.6) is 0 Å². The first-order valence-electron chi connectivity index (χ1n) is 11.3. The van der Waals surface area contributed by atoms with E-state index in [0.29, 0.717) is 0 Å². The third-order valence-electron chi connectivity index (χ3n) is 5.24. The van der Waals surface area contributed by atoms with Gasteiger partial charge in [-0.05, 0) is 11.1 Å². The van der Waals surface area contributed by atoms with Crippen molar-refractivity contribution in [1.29, 1.82) is 0 Å². The van der Waals surface area contributed by atoms with Crippen molar-refractivity contribution < 1.29 is 0 Å². The van der Waals surface area contributed by atoms with Crippen LogP contribution in [0.25, 0.3) is 33.8 Å². The van der Waals surface area contributed by atoms with Gasteiger partial charge in [0.25, 0.3) is 0 Å². The molecule has 0 spiro atoms. The molecule has 0 bridgehead atoms. The van der Waals surface area contributed by atoms with Gasteiger partial charge in [-0.3, -0.25) is 0 Å². The van der Waals surface area contributed by atoms with Crippen molar-refractivity contribution in [3.05, 3.63) is 129 Å². The lowest BCUT2D eigenvalue weighted by Crippen LogP contribution is -1.87. The van der Waals surface area contributed by atoms with E-state index < -0.39 is 0 Å². The van der Waals surface area contributed by atoms with Crippen molar-refractivity contribution in [1.82, 2.24) is 29.1 Å². The Kier molecular flexibility index (Phi) is 9.59. The maximum atomic E-state index is 4.25. The molecule has 3 radical (unpaired) electrons. The maximum absolute atomic E-state index is 4.25. The van der Waals surface area contributed by atoms with Crippen LogP contribution in [0, 0.1) is 0 Å². The molecule has 0 saturated carbocycles. The highest BCUT2D eigenvalue weighted by Crippen LogP contribution is 2.17. The third-order valence-corrected chi connectivity index (χ3v) is 5.24. The Labute approximate surface area is 213 Å². The summed E-state index contributed by atoms with van der Waals surface area (Å²) in [6.07, 6.45) is 11.0. The maximum Gasteiger partial charge on any atom is 0.0951 e. The summed E-state index contributed by atoms with van der Waals surface area (Å²) in [6.45, 7) is 0. The van der Waals surface area contributed by atoms with Crippen molar-refractivity contribution in [3.63, 3.8) is 0 Å². The van der Waals surface area contributed by atoms with Crippen molar-refractivity contribution in [2.45, 2.75) is 0 Å². The van der Waals surface area contributed by atoms with Crippen LogP contribution in [0.3, 0.4) is 0 Å². The van der Waals surface area contributed by atoms with E-state index in [9.17, 15) is 0 Å². The zero-order chi connectivity index (χ0) is 24.3. The molecule has 0 unspecified atom stereocenters. The lowest BCUT2D eigenvalue weighted by molar-refractivity contribution is 0.913. The minimum absolute atomic E-state index is 0. The third kappa shape index (κ3) is 7.17. The predicted octanol–water partition coefficient (Wildman–Crippen LogP) is 5.87. The first kappa shape index (κ1) is 26.0. The van der Waals surface area contributed by atoms with E-state index in [2.05, 4.69) is 44.2 Å². The molecule has 6 aromatic rings. The fourth-order valence-corrected chi connectivity index (χ4v) is 3.45. The molecule has 0 aliphatic carbocycles. The van der Waals surface area contributed by atoms with E-state index in [1.54, 1.807) is 6.33 Å². The number of imidazole rings is 3. The number of rotatable bonds is 3. The zero-order valence-corrected chi connectivity index (χ0v) is 20.4. The summed E-state index contributed by atoms with van der Waals surface area (Å²) in [7, 11) is 3.97. The van der Waals surface area contributed by atoms with Gasteiger partial charge >= 0.3 is 0 Å². The molecule has 6 nitrogen and oxygen atoms in total. The van der Waals surface area contributed by atoms with E-state index in [-0.39, 0.29) is 8.41 Å². The van der Waals surface area contributed by atoms with Crippen molar-refractivity contribution in [3.8, 4) is 33.8 Å². The molecule has 0 amide bonds. The normalized spacial score (nSPS) is 9.72. The van der Waals surface area contributed by atoms with Crippen LogP contribution in [0.1, 0.15) is 0 Å². The summed E-state index contributed by atoms with van der Waals surface area (Å²) in [5, 5.41) is 0. The van der Waals surface area contributed by atoms with E-state index in [1.807, 2.05) is 121 Å². The molecule has 3 heterocycles. The van der Waals surface area contributed by atoms with Gasteiger partial charge in [-0.2, -0.15) is 0 Å². The van der Waals surface area contributed by atoms with Gasteiger partial charge in [0.1, 0.15) is 0 Å². The number of H-pyrrole nitrogens is 1. The molecule has 0 aliphatic heterocycles. The minimum atomic E-state index is 0. The zero-order valence-electron chi connectivity index (χ0n) is 20.4. The van der Waals surface area contributed by atoms with Crippen LogP contribution in [-0.4, -0.2) is 37.5 Å². The second-order valence-corrected chi connectivity index (χ2v) is 7.88. The van der Waals surface area contributed by atoms with Gasteiger partial charge in [0, 0.05) is 34.3 Å². The Morgan fingerprint density at radius 1 is 0.639 bits per heavy atom. The number of aryl methyl sites for hydroxylation is 2. The first-order valence-corrected chi connectivity index (χ1v) is 11.3. The SMILES string of the molecule is Cn1cnc(-c2ccccc2)c1.Cn1cncc1-c1ccccc1.[B].c1ccc(-c2cnc[nH]2)cc1. The Morgan fingerprint density at radius 2 is 1.22 bits per heavy atom. The number of hydrogen-bond donors (Lipinski definition) is 1. The Balaban J connectivity index is 0.000000149. The highest BCUT2D eigenvalue weighted by Gasteiger charge is 1.99. The molecule has 0 atom stereocenters. The monoisotopic (exact) mass is 471 g/mol. The molecule has 177 valence electrons. The number of benzene rings is 3. The molecule has 6 rings (SSSR count). The van der Waals surface area contributed by atoms with E-state index in [0.717, 1.165) is 22.6 Å². The average molecular weight is 471 g/mol. The van der Waals surface area contributed by atoms with Crippen molar-refractivity contribution in [2.75, 3.05) is 0 Å². The van der Waals surface area contributed by atoms with Crippen LogP contribution in [0.4, 0.5) is 0 Å². The van der Waals surface area contributed by atoms with Crippen LogP contribution in [0.15, 0.2) is 129 Å². The summed E-state index contributed by atoms with van der Waals surface area (Å²) in [5.41, 5.74) is 6.78. The standard InChI is InChI=1S/2C10H10N2.C9H8N2.B/c1-12-7-10(11-8-12)9-5-3-2-4-6-9;1-12-8-11-7-10(12)9-5-3-2-4-6-9;1-2-4-8(5-3-1)9-6-10-7-11-9;/h2*2-8H,1H3;1-7H,(H,10,11);. The summed E-state index contributed by atoms with van der Waals surface area (Å²) in [5.74, 6) is 0. The van der Waals surface area contributed by atoms with Gasteiger partial charge in [-0.1, -0.05) is 91.0 Å². The van der Waals surface area contributed by atoms with Gasteiger partial charge in [0.2, 0.25) is 0 Å². The molecule has 3 aromatic carbocycles. The molecule has 1 N–H and O–H groups in total. The van der Waals surface area contributed by atoms with Crippen LogP contribution < -0.4 is 0 Å². The number of aromatic nitrogens is 6. The number of hydrogen-bond acceptors (Lipinski definition) is 3. The largest absolute Gasteiger partial charge is 0.345 e. The van der Waals surface area contributed by atoms with Gasteiger partial charge in [-0.25, -0.2) is 15.0 Å². The molecule has 0 saturated heterocycles. The first-order chi connectivity index (χ1) is 17.2. The Morgan fingerprint density at radius 3 is 1.69 bits per heavy atom. The van der Waals surface area contributed by atoms with Crippen LogP contribution in [-0.2, 0) is 14.1 Å². The molecule has 0 fully saturated rings. The van der Waals surface area contributed by atoms with Gasteiger partial charge < -0.3 is 14.1 Å². The Hall–Kier alpha value is -4.65. The van der Waals surface area contributed by atoms with Gasteiger partial charge in [-0.15, -0.1) is 0 Å². The predicted molar refractivity (Wildman–Crippen MR) is 147 cm³/mol. The summed E-state index contributed by atoms with van der Waals surface area (Å²) in [4.78, 5) is 15.3. The van der Waals surface area contributed by atoms with Crippen molar-refractivity contribution >= 4 is 8.41 Å². The summed E-state index contributed by atoms with van der Waals surface area (Å²) in [6, 6.07) is 30.5. The van der Waals surface area contributed by atoms with E-state index in [1.165, 1.54) is 11.1 Å². The molecule has 3 aromatic heterocycles. The number of nitrogens with one attached hydrogen (secondary N) is 1. The van der Waals surface area contributed by atoms with Crippen LogP contribution >= 0.6 is 0 Å². The highest BCUT2D eigenvalue weighted by atomic mass is 15.0. The summed E-state index contributed by atoms with van der Waals surface area (Å²) >= 11 is 0. The Bertz CT molecular complexity index is 1390. The van der Waals surface area contributed by atoms with Gasteiger partial charge in [0.05, 0.1) is 48.5 Å². The highest BCUT2D eigenvalue weighted by molar-refractivity contribution is 5.75. The average Bonchev–Trinajstić information content (AvgIpc) is 3.69. The smallest absolute Gasteiger partial charge is 0.0951 e. The number of aromatic amines is 1. The quantitative estimate of drug-likeness (QED) is 0.329. The molecule has 0 aliphatic rings.